The third-order valence-corrected chi connectivity index (χ3v) is 1.64. The van der Waals surface area contributed by atoms with Crippen LogP contribution in [0.2, 0.25) is 0 Å². The number of H-pyrrole nitrogens is 1. The number of rotatable bonds is 2. The lowest BCUT2D eigenvalue weighted by Crippen LogP contribution is -2.06. The third-order valence-electron chi connectivity index (χ3n) is 1.64. The molecule has 0 saturated heterocycles. The van der Waals surface area contributed by atoms with Crippen molar-refractivity contribution in [3.05, 3.63) is 53.2 Å². The van der Waals surface area contributed by atoms with E-state index in [0.717, 1.165) is 0 Å². The summed E-state index contributed by atoms with van der Waals surface area (Å²) in [6.45, 7) is 0. The fourth-order valence-corrected chi connectivity index (χ4v) is 1.02. The molecule has 0 aliphatic rings. The van der Waals surface area contributed by atoms with Crippen LogP contribution in [0.25, 0.3) is 0 Å². The molecule has 70 valence electrons. The summed E-state index contributed by atoms with van der Waals surface area (Å²) in [6.07, 6.45) is 4.74. The highest BCUT2D eigenvalue weighted by Crippen LogP contribution is 2.14. The first-order chi connectivity index (χ1) is 6.86. The molecule has 2 rings (SSSR count). The summed E-state index contributed by atoms with van der Waals surface area (Å²) in [7, 11) is 0. The van der Waals surface area contributed by atoms with Gasteiger partial charge in [0.05, 0.1) is 6.20 Å². The molecule has 0 aliphatic heterocycles. The maximum atomic E-state index is 11.2. The first-order valence-electron chi connectivity index (χ1n) is 4.12. The van der Waals surface area contributed by atoms with Gasteiger partial charge in [-0.25, -0.2) is 0 Å². The summed E-state index contributed by atoms with van der Waals surface area (Å²) in [6, 6.07) is 6.78. The van der Waals surface area contributed by atoms with Crippen molar-refractivity contribution in [3.63, 3.8) is 0 Å². The zero-order valence-corrected chi connectivity index (χ0v) is 7.31. The average molecular weight is 188 g/mol. The molecular weight excluding hydrogens is 180 g/mol. The van der Waals surface area contributed by atoms with Crippen LogP contribution in [0.5, 0.6) is 11.5 Å². The van der Waals surface area contributed by atoms with E-state index >= 15 is 0 Å². The standard InChI is InChI=1S/C10H8N2O2/c13-10-9(4-2-6-12-10)14-8-3-1-5-11-7-8/h1-7H,(H,12,13). The lowest BCUT2D eigenvalue weighted by molar-refractivity contribution is 0.472. The summed E-state index contributed by atoms with van der Waals surface area (Å²) < 4.78 is 5.30. The van der Waals surface area contributed by atoms with Gasteiger partial charge in [0, 0.05) is 12.4 Å². The maximum absolute atomic E-state index is 11.2. The predicted molar refractivity (Wildman–Crippen MR) is 51.4 cm³/mol. The van der Waals surface area contributed by atoms with Crippen molar-refractivity contribution in [2.24, 2.45) is 0 Å². The highest BCUT2D eigenvalue weighted by atomic mass is 16.5. The van der Waals surface area contributed by atoms with Gasteiger partial charge in [0.2, 0.25) is 0 Å². The van der Waals surface area contributed by atoms with Gasteiger partial charge in [-0.1, -0.05) is 0 Å². The van der Waals surface area contributed by atoms with Crippen molar-refractivity contribution in [1.82, 2.24) is 9.97 Å². The third kappa shape index (κ3) is 1.80. The van der Waals surface area contributed by atoms with Crippen LogP contribution < -0.4 is 10.3 Å². The number of nitrogens with zero attached hydrogens (tertiary/aromatic N) is 1. The van der Waals surface area contributed by atoms with Crippen LogP contribution in [-0.4, -0.2) is 9.97 Å². The van der Waals surface area contributed by atoms with Crippen molar-refractivity contribution in [1.29, 1.82) is 0 Å². The van der Waals surface area contributed by atoms with Gasteiger partial charge in [-0.15, -0.1) is 0 Å². The van der Waals surface area contributed by atoms with Crippen LogP contribution >= 0.6 is 0 Å². The minimum atomic E-state index is -0.253. The molecule has 0 unspecified atom stereocenters. The van der Waals surface area contributed by atoms with E-state index in [0.29, 0.717) is 5.75 Å². The van der Waals surface area contributed by atoms with E-state index in [9.17, 15) is 4.79 Å². The zero-order chi connectivity index (χ0) is 9.80. The van der Waals surface area contributed by atoms with Gasteiger partial charge >= 0.3 is 0 Å². The van der Waals surface area contributed by atoms with Crippen molar-refractivity contribution in [2.75, 3.05) is 0 Å². The van der Waals surface area contributed by atoms with Gasteiger partial charge in [0.1, 0.15) is 5.75 Å². The molecule has 14 heavy (non-hydrogen) atoms. The van der Waals surface area contributed by atoms with Gasteiger partial charge < -0.3 is 9.72 Å². The van der Waals surface area contributed by atoms with E-state index in [1.807, 2.05) is 0 Å². The Kier molecular flexibility index (Phi) is 2.27. The van der Waals surface area contributed by atoms with E-state index in [1.165, 1.54) is 0 Å². The fraction of sp³-hybridized carbons (Fsp3) is 0. The lowest BCUT2D eigenvalue weighted by Gasteiger charge is -2.02. The summed E-state index contributed by atoms with van der Waals surface area (Å²) in [5, 5.41) is 0. The van der Waals surface area contributed by atoms with E-state index < -0.39 is 0 Å². The number of nitrogens with one attached hydrogen (secondary N) is 1. The first-order valence-corrected chi connectivity index (χ1v) is 4.12. The number of hydrogen-bond acceptors (Lipinski definition) is 3. The van der Waals surface area contributed by atoms with Gasteiger partial charge in [-0.2, -0.15) is 0 Å². The molecule has 0 atom stereocenters. The van der Waals surface area contributed by atoms with Crippen molar-refractivity contribution >= 4 is 0 Å². The molecule has 0 fully saturated rings. The predicted octanol–water partition coefficient (Wildman–Crippen LogP) is 1.56. The summed E-state index contributed by atoms with van der Waals surface area (Å²) >= 11 is 0. The molecule has 0 aromatic carbocycles. The molecule has 0 radical (unpaired) electrons. The van der Waals surface area contributed by atoms with Crippen molar-refractivity contribution in [3.8, 4) is 11.5 Å². The Morgan fingerprint density at radius 1 is 1.29 bits per heavy atom. The second kappa shape index (κ2) is 3.74. The Hall–Kier alpha value is -2.10. The molecule has 0 spiro atoms. The van der Waals surface area contributed by atoms with Crippen LogP contribution in [0.4, 0.5) is 0 Å². The van der Waals surface area contributed by atoms with Crippen molar-refractivity contribution in [2.45, 2.75) is 0 Å². The van der Waals surface area contributed by atoms with E-state index in [-0.39, 0.29) is 11.3 Å². The molecule has 2 aromatic rings. The second-order valence-corrected chi connectivity index (χ2v) is 2.65. The first kappa shape index (κ1) is 8.50. The molecule has 1 N–H and O–H groups in total. The second-order valence-electron chi connectivity index (χ2n) is 2.65. The minimum Gasteiger partial charge on any atom is -0.450 e. The SMILES string of the molecule is O=c1[nH]cccc1Oc1cccnc1. The van der Waals surface area contributed by atoms with Gasteiger partial charge in [-0.3, -0.25) is 9.78 Å². The Morgan fingerprint density at radius 3 is 2.93 bits per heavy atom. The van der Waals surface area contributed by atoms with Crippen LogP contribution in [-0.2, 0) is 0 Å². The van der Waals surface area contributed by atoms with Gasteiger partial charge in [-0.05, 0) is 24.3 Å². The number of aromatic nitrogens is 2. The lowest BCUT2D eigenvalue weighted by atomic mass is 10.4. The Morgan fingerprint density at radius 2 is 2.21 bits per heavy atom. The van der Waals surface area contributed by atoms with Gasteiger partial charge in [0.15, 0.2) is 5.75 Å². The quantitative estimate of drug-likeness (QED) is 0.778. The van der Waals surface area contributed by atoms with E-state index in [2.05, 4.69) is 9.97 Å². The Balaban J connectivity index is 2.28. The molecule has 4 nitrogen and oxygen atoms in total. The fourth-order valence-electron chi connectivity index (χ4n) is 1.02. The number of ether oxygens (including phenoxy) is 1. The summed E-state index contributed by atoms with van der Waals surface area (Å²) in [4.78, 5) is 17.6. The van der Waals surface area contributed by atoms with Gasteiger partial charge in [0.25, 0.3) is 5.56 Å². The summed E-state index contributed by atoms with van der Waals surface area (Å²) in [5.74, 6) is 0.810. The average Bonchev–Trinajstić information content (AvgIpc) is 2.23. The van der Waals surface area contributed by atoms with Crippen LogP contribution in [0.3, 0.4) is 0 Å². The van der Waals surface area contributed by atoms with Crippen LogP contribution in [0, 0.1) is 0 Å². The number of aromatic amines is 1. The number of pyridine rings is 2. The summed E-state index contributed by atoms with van der Waals surface area (Å²) in [5.41, 5.74) is -0.253. The molecule has 4 heteroatoms. The smallest absolute Gasteiger partial charge is 0.290 e. The monoisotopic (exact) mass is 188 g/mol. The van der Waals surface area contributed by atoms with E-state index in [1.54, 1.807) is 42.9 Å². The topological polar surface area (TPSA) is 55.0 Å². The molecular formula is C10H8N2O2. The molecule has 2 heterocycles. The van der Waals surface area contributed by atoms with Crippen molar-refractivity contribution < 1.29 is 4.74 Å². The van der Waals surface area contributed by atoms with Crippen LogP contribution in [0.15, 0.2) is 47.7 Å². The van der Waals surface area contributed by atoms with Crippen LogP contribution in [0.1, 0.15) is 0 Å². The molecule has 0 bridgehead atoms. The minimum absolute atomic E-state index is 0.253. The molecule has 0 aliphatic carbocycles. The molecule has 0 saturated carbocycles. The Bertz CT molecular complexity index is 465. The molecule has 0 amide bonds. The highest BCUT2D eigenvalue weighted by Gasteiger charge is 1.99. The zero-order valence-electron chi connectivity index (χ0n) is 7.31. The maximum Gasteiger partial charge on any atom is 0.290 e. The number of hydrogen-bond donors (Lipinski definition) is 1. The largest absolute Gasteiger partial charge is 0.450 e. The Labute approximate surface area is 80.2 Å². The highest BCUT2D eigenvalue weighted by molar-refractivity contribution is 5.25. The van der Waals surface area contributed by atoms with E-state index in [4.69, 9.17) is 4.74 Å². The normalized spacial score (nSPS) is 9.71. The molecule has 2 aromatic heterocycles.